The third-order valence-corrected chi connectivity index (χ3v) is 4.23. The van der Waals surface area contributed by atoms with Crippen LogP contribution < -0.4 is 0 Å². The Morgan fingerprint density at radius 2 is 2.08 bits per heavy atom. The van der Waals surface area contributed by atoms with Crippen LogP contribution in [0.1, 0.15) is 12.5 Å². The van der Waals surface area contributed by atoms with Crippen molar-refractivity contribution in [3.63, 3.8) is 0 Å². The number of thioether (sulfide) groups is 1. The number of carbonyl (C=O) groups excluding carboxylic acids is 3. The number of rotatable bonds is 6. The van der Waals surface area contributed by atoms with Gasteiger partial charge in [0.25, 0.3) is 5.69 Å². The Balaban J connectivity index is 1.83. The third-order valence-electron chi connectivity index (χ3n) is 3.26. The van der Waals surface area contributed by atoms with E-state index in [0.29, 0.717) is 5.56 Å². The number of benzene rings is 1. The van der Waals surface area contributed by atoms with Gasteiger partial charge >= 0.3 is 5.97 Å². The Kier molecular flexibility index (Phi) is 5.52. The number of nitro groups is 1. The van der Waals surface area contributed by atoms with Gasteiger partial charge in [-0.15, -0.1) is 0 Å². The number of β-lactam (4-membered cyclic amide) rings is 1. The van der Waals surface area contributed by atoms with Crippen LogP contribution in [0.4, 0.5) is 5.69 Å². The SMILES string of the molecule is CC(=O)SC1CN(C(O)C(=O)OCc2ccc([N+](=O)[O-])cc2)C1=O. The lowest BCUT2D eigenvalue weighted by atomic mass is 10.2. The van der Waals surface area contributed by atoms with Crippen LogP contribution >= 0.6 is 11.8 Å². The molecule has 0 spiro atoms. The second-order valence-electron chi connectivity index (χ2n) is 4.99. The van der Waals surface area contributed by atoms with Crippen LogP contribution in [0, 0.1) is 10.1 Å². The largest absolute Gasteiger partial charge is 0.457 e. The molecule has 2 atom stereocenters. The Morgan fingerprint density at radius 3 is 2.58 bits per heavy atom. The van der Waals surface area contributed by atoms with Crippen molar-refractivity contribution in [2.45, 2.75) is 25.0 Å². The molecule has 128 valence electrons. The van der Waals surface area contributed by atoms with Gasteiger partial charge in [-0.3, -0.25) is 19.7 Å². The highest BCUT2D eigenvalue weighted by atomic mass is 32.2. The average Bonchev–Trinajstić information content (AvgIpc) is 2.55. The van der Waals surface area contributed by atoms with Crippen LogP contribution in [0.2, 0.25) is 0 Å². The van der Waals surface area contributed by atoms with Crippen molar-refractivity contribution in [1.29, 1.82) is 0 Å². The zero-order chi connectivity index (χ0) is 17.9. The van der Waals surface area contributed by atoms with E-state index in [9.17, 15) is 29.6 Å². The highest BCUT2D eigenvalue weighted by molar-refractivity contribution is 8.14. The normalized spacial score (nSPS) is 17.8. The summed E-state index contributed by atoms with van der Waals surface area (Å²) in [5, 5.41) is 19.5. The summed E-state index contributed by atoms with van der Waals surface area (Å²) in [5.74, 6) is -1.51. The van der Waals surface area contributed by atoms with Crippen molar-refractivity contribution in [3.05, 3.63) is 39.9 Å². The van der Waals surface area contributed by atoms with Gasteiger partial charge in [-0.1, -0.05) is 11.8 Å². The summed E-state index contributed by atoms with van der Waals surface area (Å²) < 4.78 is 4.89. The van der Waals surface area contributed by atoms with Crippen LogP contribution in [0.5, 0.6) is 0 Å². The molecule has 10 heteroatoms. The zero-order valence-electron chi connectivity index (χ0n) is 12.6. The van der Waals surface area contributed by atoms with Crippen molar-refractivity contribution in [2.24, 2.45) is 0 Å². The van der Waals surface area contributed by atoms with Crippen LogP contribution in [-0.2, 0) is 25.7 Å². The predicted octanol–water partition coefficient (Wildman–Crippen LogP) is 0.447. The molecule has 0 radical (unpaired) electrons. The number of nitro benzene ring substituents is 1. The molecule has 2 unspecified atom stereocenters. The number of hydrogen-bond acceptors (Lipinski definition) is 8. The molecule has 2 rings (SSSR count). The molecule has 1 aromatic carbocycles. The van der Waals surface area contributed by atoms with E-state index < -0.39 is 28.3 Å². The van der Waals surface area contributed by atoms with Crippen molar-refractivity contribution in [3.8, 4) is 0 Å². The summed E-state index contributed by atoms with van der Waals surface area (Å²) >= 11 is 0.848. The molecule has 24 heavy (non-hydrogen) atoms. The molecule has 0 saturated carbocycles. The van der Waals surface area contributed by atoms with Crippen molar-refractivity contribution in [2.75, 3.05) is 6.54 Å². The molecule has 1 fully saturated rings. The minimum absolute atomic E-state index is 0.0802. The maximum atomic E-state index is 11.8. The van der Waals surface area contributed by atoms with Crippen LogP contribution in [-0.4, -0.2) is 49.9 Å². The van der Waals surface area contributed by atoms with Gasteiger partial charge < -0.3 is 14.7 Å². The summed E-state index contributed by atoms with van der Waals surface area (Å²) in [6.07, 6.45) is -1.74. The number of amides is 1. The van der Waals surface area contributed by atoms with E-state index in [1.807, 2.05) is 0 Å². The van der Waals surface area contributed by atoms with Gasteiger partial charge in [0.2, 0.25) is 12.1 Å². The summed E-state index contributed by atoms with van der Waals surface area (Å²) in [5.41, 5.74) is 0.409. The summed E-state index contributed by atoms with van der Waals surface area (Å²) in [6.45, 7) is 1.22. The fourth-order valence-electron chi connectivity index (χ4n) is 2.00. The summed E-state index contributed by atoms with van der Waals surface area (Å²) in [7, 11) is 0. The van der Waals surface area contributed by atoms with E-state index in [-0.39, 0.29) is 24.0 Å². The second kappa shape index (κ2) is 7.41. The molecule has 9 nitrogen and oxygen atoms in total. The standard InChI is InChI=1S/C14H14N2O7S/c1-8(17)24-11-6-15(12(11)18)13(19)14(20)23-7-9-2-4-10(5-3-9)16(21)22/h2-5,11,13,19H,6-7H2,1H3. The van der Waals surface area contributed by atoms with Crippen LogP contribution in [0.15, 0.2) is 24.3 Å². The zero-order valence-corrected chi connectivity index (χ0v) is 13.4. The Labute approximate surface area is 140 Å². The second-order valence-corrected chi connectivity index (χ2v) is 6.37. The minimum atomic E-state index is -1.74. The maximum absolute atomic E-state index is 11.8. The number of aliphatic hydroxyl groups is 1. The van der Waals surface area contributed by atoms with E-state index >= 15 is 0 Å². The molecule has 1 saturated heterocycles. The highest BCUT2D eigenvalue weighted by Crippen LogP contribution is 2.26. The highest BCUT2D eigenvalue weighted by Gasteiger charge is 2.44. The van der Waals surface area contributed by atoms with Gasteiger partial charge in [-0.05, 0) is 17.7 Å². The van der Waals surface area contributed by atoms with E-state index in [0.717, 1.165) is 16.7 Å². The first-order chi connectivity index (χ1) is 11.3. The van der Waals surface area contributed by atoms with E-state index in [1.165, 1.54) is 31.2 Å². The Morgan fingerprint density at radius 1 is 1.46 bits per heavy atom. The predicted molar refractivity (Wildman–Crippen MR) is 82.7 cm³/mol. The molecule has 1 N–H and O–H groups in total. The topological polar surface area (TPSA) is 127 Å². The Hall–Kier alpha value is -2.46. The van der Waals surface area contributed by atoms with Gasteiger partial charge in [-0.25, -0.2) is 4.79 Å². The number of hydrogen-bond donors (Lipinski definition) is 1. The van der Waals surface area contributed by atoms with Gasteiger partial charge in [-0.2, -0.15) is 0 Å². The summed E-state index contributed by atoms with van der Waals surface area (Å²) in [4.78, 5) is 45.3. The van der Waals surface area contributed by atoms with Crippen molar-refractivity contribution in [1.82, 2.24) is 4.90 Å². The quantitative estimate of drug-likeness (QED) is 0.337. The Bertz CT molecular complexity index is 676. The number of likely N-dealkylation sites (tertiary alicyclic amines) is 1. The fraction of sp³-hybridized carbons (Fsp3) is 0.357. The first-order valence-electron chi connectivity index (χ1n) is 6.85. The number of non-ortho nitro benzene ring substituents is 1. The maximum Gasteiger partial charge on any atom is 0.356 e. The van der Waals surface area contributed by atoms with E-state index in [1.54, 1.807) is 0 Å². The number of aliphatic hydroxyl groups excluding tert-OH is 1. The number of esters is 1. The van der Waals surface area contributed by atoms with Gasteiger partial charge in [0, 0.05) is 25.6 Å². The van der Waals surface area contributed by atoms with Crippen LogP contribution in [0.3, 0.4) is 0 Å². The van der Waals surface area contributed by atoms with Gasteiger partial charge in [0.05, 0.1) is 4.92 Å². The molecule has 0 aromatic heterocycles. The van der Waals surface area contributed by atoms with E-state index in [2.05, 4.69) is 0 Å². The molecule has 1 amide bonds. The number of nitrogens with zero attached hydrogens (tertiary/aromatic N) is 2. The molecule has 1 aromatic rings. The molecule has 1 aliphatic rings. The van der Waals surface area contributed by atoms with E-state index in [4.69, 9.17) is 4.74 Å². The summed E-state index contributed by atoms with van der Waals surface area (Å²) in [6, 6.07) is 5.38. The number of ether oxygens (including phenoxy) is 1. The molecular formula is C14H14N2O7S. The van der Waals surface area contributed by atoms with Gasteiger partial charge in [0.1, 0.15) is 11.9 Å². The minimum Gasteiger partial charge on any atom is -0.457 e. The van der Waals surface area contributed by atoms with Crippen LogP contribution in [0.25, 0.3) is 0 Å². The first-order valence-corrected chi connectivity index (χ1v) is 7.73. The molecule has 0 aliphatic carbocycles. The lowest BCUT2D eigenvalue weighted by Crippen LogP contribution is -2.61. The van der Waals surface area contributed by atoms with Crippen molar-refractivity contribution < 1.29 is 29.2 Å². The molecule has 1 aliphatic heterocycles. The fourth-order valence-corrected chi connectivity index (χ4v) is 2.87. The lowest BCUT2D eigenvalue weighted by Gasteiger charge is -2.39. The average molecular weight is 354 g/mol. The number of carbonyl (C=O) groups is 3. The molecule has 1 heterocycles. The first kappa shape index (κ1) is 17.9. The monoisotopic (exact) mass is 354 g/mol. The lowest BCUT2D eigenvalue weighted by molar-refractivity contribution is -0.384. The van der Waals surface area contributed by atoms with Crippen molar-refractivity contribution >= 4 is 34.4 Å². The van der Waals surface area contributed by atoms with Gasteiger partial charge in [0.15, 0.2) is 5.12 Å². The molecular weight excluding hydrogens is 340 g/mol. The third kappa shape index (κ3) is 4.09. The smallest absolute Gasteiger partial charge is 0.356 e. The molecule has 0 bridgehead atoms.